The average Bonchev–Trinajstić information content (AvgIpc) is 2.76. The molecule has 0 bridgehead atoms. The molecule has 6 nitrogen and oxygen atoms in total. The number of carboxylic acids is 1. The van der Waals surface area contributed by atoms with Gasteiger partial charge in [0.25, 0.3) is 0 Å². The fraction of sp³-hybridized carbons (Fsp3) is 0.417. The Labute approximate surface area is 104 Å². The second-order valence-electron chi connectivity index (χ2n) is 4.26. The van der Waals surface area contributed by atoms with Gasteiger partial charge in [0, 0.05) is 18.2 Å². The summed E-state index contributed by atoms with van der Waals surface area (Å²) in [6.45, 7) is -0.206. The van der Waals surface area contributed by atoms with Gasteiger partial charge >= 0.3 is 5.97 Å². The van der Waals surface area contributed by atoms with Crippen molar-refractivity contribution in [2.24, 2.45) is 5.92 Å². The number of carbonyl (C=O) groups is 2. The molecule has 1 aromatic rings. The van der Waals surface area contributed by atoms with E-state index in [1.807, 2.05) is 6.08 Å². The third-order valence-electron chi connectivity index (χ3n) is 2.83. The van der Waals surface area contributed by atoms with Crippen molar-refractivity contribution in [3.05, 3.63) is 24.4 Å². The van der Waals surface area contributed by atoms with Crippen LogP contribution < -0.4 is 5.32 Å². The first kappa shape index (κ1) is 12.3. The van der Waals surface area contributed by atoms with Crippen LogP contribution in [0.15, 0.2) is 24.4 Å². The van der Waals surface area contributed by atoms with Crippen LogP contribution in [0.4, 0.5) is 5.82 Å². The number of nitrogens with one attached hydrogen (secondary N) is 1. The van der Waals surface area contributed by atoms with E-state index >= 15 is 0 Å². The van der Waals surface area contributed by atoms with Gasteiger partial charge in [0.05, 0.1) is 0 Å². The van der Waals surface area contributed by atoms with E-state index in [-0.39, 0.29) is 18.4 Å². The van der Waals surface area contributed by atoms with E-state index in [2.05, 4.69) is 16.5 Å². The second kappa shape index (κ2) is 5.48. The number of carboxylic acid groups (broad SMARTS) is 1. The van der Waals surface area contributed by atoms with Crippen molar-refractivity contribution in [2.45, 2.75) is 25.8 Å². The van der Waals surface area contributed by atoms with E-state index in [9.17, 15) is 9.59 Å². The lowest BCUT2D eigenvalue weighted by Crippen LogP contribution is -2.23. The summed E-state index contributed by atoms with van der Waals surface area (Å²) >= 11 is 0. The highest BCUT2D eigenvalue weighted by molar-refractivity contribution is 5.91. The largest absolute Gasteiger partial charge is 0.480 e. The maximum Gasteiger partial charge on any atom is 0.325 e. The van der Waals surface area contributed by atoms with Crippen LogP contribution in [0, 0.1) is 5.92 Å². The lowest BCUT2D eigenvalue weighted by Gasteiger charge is -2.16. The zero-order valence-electron chi connectivity index (χ0n) is 9.87. The first-order valence-electron chi connectivity index (χ1n) is 5.86. The number of carbonyl (C=O) groups excluding carboxylic acids is 1. The van der Waals surface area contributed by atoms with Gasteiger partial charge in [0.15, 0.2) is 5.82 Å². The van der Waals surface area contributed by atoms with Crippen molar-refractivity contribution in [1.82, 2.24) is 9.78 Å². The number of rotatable bonds is 4. The summed E-state index contributed by atoms with van der Waals surface area (Å²) in [5.74, 6) is -0.635. The van der Waals surface area contributed by atoms with Crippen LogP contribution in [0.25, 0.3) is 0 Å². The zero-order chi connectivity index (χ0) is 13.0. The van der Waals surface area contributed by atoms with E-state index in [4.69, 9.17) is 5.11 Å². The molecule has 0 saturated carbocycles. The molecule has 0 spiro atoms. The molecule has 0 aliphatic heterocycles. The van der Waals surface area contributed by atoms with Gasteiger partial charge in [0.1, 0.15) is 6.54 Å². The van der Waals surface area contributed by atoms with E-state index in [0.717, 1.165) is 19.3 Å². The van der Waals surface area contributed by atoms with Crippen LogP contribution in [0.2, 0.25) is 0 Å². The van der Waals surface area contributed by atoms with Crippen LogP contribution in [0.1, 0.15) is 19.3 Å². The van der Waals surface area contributed by atoms with Crippen molar-refractivity contribution in [3.8, 4) is 0 Å². The Bertz CT molecular complexity index is 479. The zero-order valence-corrected chi connectivity index (χ0v) is 9.87. The minimum Gasteiger partial charge on any atom is -0.480 e. The average molecular weight is 249 g/mol. The highest BCUT2D eigenvalue weighted by atomic mass is 16.4. The molecule has 2 N–H and O–H groups in total. The molecule has 0 radical (unpaired) electrons. The van der Waals surface area contributed by atoms with Crippen LogP contribution in [-0.4, -0.2) is 26.8 Å². The number of allylic oxidation sites excluding steroid dienone is 2. The normalized spacial score (nSPS) is 18.6. The van der Waals surface area contributed by atoms with Gasteiger partial charge in [-0.2, -0.15) is 5.10 Å². The minimum absolute atomic E-state index is 0.0142. The predicted octanol–water partition coefficient (Wildman–Crippen LogP) is 1.26. The molecule has 2 rings (SSSR count). The Hall–Kier alpha value is -2.11. The smallest absolute Gasteiger partial charge is 0.325 e. The Kier molecular flexibility index (Phi) is 3.76. The number of aliphatic carboxylic acids is 1. The van der Waals surface area contributed by atoms with Crippen LogP contribution in [0.3, 0.4) is 0 Å². The van der Waals surface area contributed by atoms with Crippen molar-refractivity contribution in [2.75, 3.05) is 5.32 Å². The maximum atomic E-state index is 11.9. The fourth-order valence-electron chi connectivity index (χ4n) is 1.92. The quantitative estimate of drug-likeness (QED) is 0.787. The molecule has 1 unspecified atom stereocenters. The molecule has 0 saturated heterocycles. The van der Waals surface area contributed by atoms with E-state index in [1.165, 1.54) is 10.9 Å². The molecule has 1 amide bonds. The number of anilines is 1. The summed E-state index contributed by atoms with van der Waals surface area (Å²) in [4.78, 5) is 22.4. The fourth-order valence-corrected chi connectivity index (χ4v) is 1.92. The van der Waals surface area contributed by atoms with Crippen molar-refractivity contribution < 1.29 is 14.7 Å². The van der Waals surface area contributed by atoms with Crippen molar-refractivity contribution in [3.63, 3.8) is 0 Å². The molecule has 0 fully saturated rings. The Morgan fingerprint density at radius 2 is 2.33 bits per heavy atom. The highest BCUT2D eigenvalue weighted by Crippen LogP contribution is 2.19. The standard InChI is InChI=1S/C12H15N3O3/c16-11(17)8-15-7-6-10(14-15)13-12(18)9-4-2-1-3-5-9/h1-2,6-7,9H,3-5,8H2,(H,16,17)(H,13,14,18). The Balaban J connectivity index is 1.92. The third kappa shape index (κ3) is 3.19. The predicted molar refractivity (Wildman–Crippen MR) is 65.0 cm³/mol. The molecular formula is C12H15N3O3. The molecule has 0 aromatic carbocycles. The third-order valence-corrected chi connectivity index (χ3v) is 2.83. The van der Waals surface area contributed by atoms with E-state index < -0.39 is 5.97 Å². The van der Waals surface area contributed by atoms with Gasteiger partial charge in [-0.15, -0.1) is 0 Å². The topological polar surface area (TPSA) is 84.2 Å². The number of nitrogens with zero attached hydrogens (tertiary/aromatic N) is 2. The molecule has 1 aromatic heterocycles. The van der Waals surface area contributed by atoms with Crippen LogP contribution in [0.5, 0.6) is 0 Å². The summed E-state index contributed by atoms with van der Waals surface area (Å²) in [5.41, 5.74) is 0. The highest BCUT2D eigenvalue weighted by Gasteiger charge is 2.19. The molecule has 1 heterocycles. The van der Waals surface area contributed by atoms with Gasteiger partial charge < -0.3 is 10.4 Å². The van der Waals surface area contributed by atoms with Crippen LogP contribution in [-0.2, 0) is 16.1 Å². The summed E-state index contributed by atoms with van der Waals surface area (Å²) in [5, 5.41) is 15.3. The number of hydrogen-bond acceptors (Lipinski definition) is 3. The van der Waals surface area contributed by atoms with Crippen molar-refractivity contribution in [1.29, 1.82) is 0 Å². The van der Waals surface area contributed by atoms with E-state index in [1.54, 1.807) is 6.07 Å². The van der Waals surface area contributed by atoms with Gasteiger partial charge in [-0.3, -0.25) is 14.3 Å². The monoisotopic (exact) mass is 249 g/mol. The summed E-state index contributed by atoms with van der Waals surface area (Å²) in [6, 6.07) is 1.60. The maximum absolute atomic E-state index is 11.9. The lowest BCUT2D eigenvalue weighted by molar-refractivity contribution is -0.137. The minimum atomic E-state index is -0.964. The number of aromatic nitrogens is 2. The lowest BCUT2D eigenvalue weighted by atomic mass is 9.94. The molecule has 1 aliphatic carbocycles. The summed E-state index contributed by atoms with van der Waals surface area (Å²) in [7, 11) is 0. The molecule has 1 aliphatic rings. The van der Waals surface area contributed by atoms with Gasteiger partial charge in [0.2, 0.25) is 5.91 Å². The summed E-state index contributed by atoms with van der Waals surface area (Å²) in [6.07, 6.45) is 8.14. The Morgan fingerprint density at radius 1 is 1.50 bits per heavy atom. The Morgan fingerprint density at radius 3 is 3.00 bits per heavy atom. The molecule has 6 heteroatoms. The SMILES string of the molecule is O=C(O)Cn1ccc(NC(=O)C2CC=CCC2)n1. The second-order valence-corrected chi connectivity index (χ2v) is 4.26. The molecule has 96 valence electrons. The van der Waals surface area contributed by atoms with Crippen molar-refractivity contribution >= 4 is 17.7 Å². The first-order valence-corrected chi connectivity index (χ1v) is 5.86. The first-order chi connectivity index (χ1) is 8.65. The van der Waals surface area contributed by atoms with Gasteiger partial charge in [-0.25, -0.2) is 0 Å². The van der Waals surface area contributed by atoms with E-state index in [0.29, 0.717) is 5.82 Å². The number of hydrogen-bond donors (Lipinski definition) is 2. The molecule has 1 atom stereocenters. The van der Waals surface area contributed by atoms with Gasteiger partial charge in [-0.05, 0) is 19.3 Å². The van der Waals surface area contributed by atoms with Gasteiger partial charge in [-0.1, -0.05) is 12.2 Å². The van der Waals surface area contributed by atoms with Crippen LogP contribution >= 0.6 is 0 Å². The molecular weight excluding hydrogens is 234 g/mol. The molecule has 18 heavy (non-hydrogen) atoms. The summed E-state index contributed by atoms with van der Waals surface area (Å²) < 4.78 is 1.28. The number of amides is 1.